The molecule has 1 N–H and O–H groups in total. The van der Waals surface area contributed by atoms with E-state index in [-0.39, 0.29) is 18.9 Å². The van der Waals surface area contributed by atoms with Crippen LogP contribution in [0, 0.1) is 0 Å². The Bertz CT molecular complexity index is 966. The van der Waals surface area contributed by atoms with Gasteiger partial charge in [0.1, 0.15) is 11.5 Å². The maximum absolute atomic E-state index is 12.2. The van der Waals surface area contributed by atoms with Gasteiger partial charge in [0, 0.05) is 19.5 Å². The summed E-state index contributed by atoms with van der Waals surface area (Å²) in [5.74, 6) is 1.06. The van der Waals surface area contributed by atoms with Crippen LogP contribution in [-0.2, 0) is 21.4 Å². The van der Waals surface area contributed by atoms with Crippen LogP contribution in [0.25, 0.3) is 0 Å². The minimum atomic E-state index is -3.53. The summed E-state index contributed by atoms with van der Waals surface area (Å²) in [6.07, 6.45) is 1.68. The van der Waals surface area contributed by atoms with E-state index in [1.807, 2.05) is 31.2 Å². The smallest absolute Gasteiger partial charge is 0.232 e. The first-order valence-electron chi connectivity index (χ1n) is 9.54. The van der Waals surface area contributed by atoms with E-state index in [0.717, 1.165) is 17.6 Å². The zero-order chi connectivity index (χ0) is 22.1. The Balaban J connectivity index is 1.91. The summed E-state index contributed by atoms with van der Waals surface area (Å²) in [6, 6.07) is 12.3. The van der Waals surface area contributed by atoms with E-state index in [1.165, 1.54) is 17.5 Å². The van der Waals surface area contributed by atoms with Gasteiger partial charge >= 0.3 is 0 Å². The second-order valence-corrected chi connectivity index (χ2v) is 8.93. The van der Waals surface area contributed by atoms with Crippen LogP contribution < -0.4 is 19.1 Å². The predicted molar refractivity (Wildman–Crippen MR) is 119 cm³/mol. The number of carbonyl (C=O) groups is 1. The summed E-state index contributed by atoms with van der Waals surface area (Å²) in [6.45, 7) is 3.03. The molecular formula is C21H27ClN2O5S. The van der Waals surface area contributed by atoms with E-state index >= 15 is 0 Å². The molecule has 2 aromatic carbocycles. The molecule has 0 aliphatic heterocycles. The zero-order valence-electron chi connectivity index (χ0n) is 17.4. The molecule has 2 rings (SSSR count). The summed E-state index contributed by atoms with van der Waals surface area (Å²) in [5.41, 5.74) is 1.36. The van der Waals surface area contributed by atoms with Crippen LogP contribution in [0.5, 0.6) is 11.5 Å². The second kappa shape index (κ2) is 11.1. The number of anilines is 1. The number of rotatable bonds is 11. The molecule has 2 aromatic rings. The molecule has 164 valence electrons. The Hall–Kier alpha value is -2.45. The molecule has 0 spiro atoms. The lowest BCUT2D eigenvalue weighted by atomic mass is 10.2. The fourth-order valence-corrected chi connectivity index (χ4v) is 4.09. The van der Waals surface area contributed by atoms with Crippen molar-refractivity contribution in [1.82, 2.24) is 5.32 Å². The summed E-state index contributed by atoms with van der Waals surface area (Å²) in [7, 11) is -2.04. The average Bonchev–Trinajstić information content (AvgIpc) is 2.69. The second-order valence-electron chi connectivity index (χ2n) is 6.61. The SMILES string of the molecule is CCOc1cccc(CNC(=O)CCCN(c2ccc(OC)c(Cl)c2)S(C)(=O)=O)c1. The number of amides is 1. The fraction of sp³-hybridized carbons (Fsp3) is 0.381. The van der Waals surface area contributed by atoms with Crippen molar-refractivity contribution in [1.29, 1.82) is 0 Å². The predicted octanol–water partition coefficient (Wildman–Crippen LogP) is 3.61. The summed E-state index contributed by atoms with van der Waals surface area (Å²) < 4.78 is 36.2. The molecule has 30 heavy (non-hydrogen) atoms. The van der Waals surface area contributed by atoms with Crippen molar-refractivity contribution in [2.24, 2.45) is 0 Å². The maximum atomic E-state index is 12.2. The number of nitrogens with zero attached hydrogens (tertiary/aromatic N) is 1. The highest BCUT2D eigenvalue weighted by molar-refractivity contribution is 7.92. The van der Waals surface area contributed by atoms with E-state index in [0.29, 0.717) is 36.0 Å². The molecule has 0 aromatic heterocycles. The van der Waals surface area contributed by atoms with E-state index in [9.17, 15) is 13.2 Å². The van der Waals surface area contributed by atoms with E-state index in [2.05, 4.69) is 5.32 Å². The van der Waals surface area contributed by atoms with Crippen LogP contribution >= 0.6 is 11.6 Å². The van der Waals surface area contributed by atoms with Crippen LogP contribution in [0.1, 0.15) is 25.3 Å². The molecule has 0 aliphatic rings. The number of nitrogens with one attached hydrogen (secondary N) is 1. The lowest BCUT2D eigenvalue weighted by Crippen LogP contribution is -2.32. The monoisotopic (exact) mass is 454 g/mol. The number of methoxy groups -OCH3 is 1. The largest absolute Gasteiger partial charge is 0.495 e. The first kappa shape index (κ1) is 23.8. The molecule has 1 amide bonds. The van der Waals surface area contributed by atoms with Crippen molar-refractivity contribution in [3.05, 3.63) is 53.1 Å². The number of carbonyl (C=O) groups excluding carboxylic acids is 1. The van der Waals surface area contributed by atoms with Crippen molar-refractivity contribution in [3.8, 4) is 11.5 Å². The Kier molecular flexibility index (Phi) is 8.80. The van der Waals surface area contributed by atoms with E-state index < -0.39 is 10.0 Å². The molecule has 0 atom stereocenters. The molecule has 0 heterocycles. The summed E-state index contributed by atoms with van der Waals surface area (Å²) in [5, 5.41) is 3.16. The van der Waals surface area contributed by atoms with Crippen LogP contribution in [0.2, 0.25) is 5.02 Å². The Morgan fingerprint density at radius 2 is 1.97 bits per heavy atom. The quantitative estimate of drug-likeness (QED) is 0.560. The molecule has 0 fully saturated rings. The van der Waals surface area contributed by atoms with Gasteiger partial charge in [-0.05, 0) is 49.2 Å². The standard InChI is InChI=1S/C21H27ClN2O5S/c1-4-29-18-8-5-7-16(13-18)15-23-21(25)9-6-12-24(30(3,26)27)17-10-11-20(28-2)19(22)14-17/h5,7-8,10-11,13-14H,4,6,9,12,15H2,1-3H3,(H,23,25). The van der Waals surface area contributed by atoms with Gasteiger partial charge in [-0.2, -0.15) is 0 Å². The number of benzene rings is 2. The van der Waals surface area contributed by atoms with Crippen molar-refractivity contribution >= 4 is 33.2 Å². The van der Waals surface area contributed by atoms with Crippen molar-refractivity contribution in [3.63, 3.8) is 0 Å². The molecule has 9 heteroatoms. The van der Waals surface area contributed by atoms with Gasteiger partial charge in [-0.1, -0.05) is 23.7 Å². The lowest BCUT2D eigenvalue weighted by molar-refractivity contribution is -0.121. The van der Waals surface area contributed by atoms with Gasteiger partial charge in [0.2, 0.25) is 15.9 Å². The fourth-order valence-electron chi connectivity index (χ4n) is 2.88. The lowest BCUT2D eigenvalue weighted by Gasteiger charge is -2.23. The molecule has 0 aliphatic carbocycles. The third-order valence-electron chi connectivity index (χ3n) is 4.29. The minimum absolute atomic E-state index is 0.155. The zero-order valence-corrected chi connectivity index (χ0v) is 18.9. The van der Waals surface area contributed by atoms with Gasteiger partial charge in [0.15, 0.2) is 0 Å². The van der Waals surface area contributed by atoms with Crippen molar-refractivity contribution < 1.29 is 22.7 Å². The van der Waals surface area contributed by atoms with E-state index in [1.54, 1.807) is 12.1 Å². The highest BCUT2D eigenvalue weighted by Crippen LogP contribution is 2.30. The van der Waals surface area contributed by atoms with Gasteiger partial charge < -0.3 is 14.8 Å². The molecular weight excluding hydrogens is 428 g/mol. The molecule has 7 nitrogen and oxygen atoms in total. The Morgan fingerprint density at radius 3 is 2.60 bits per heavy atom. The number of hydrogen-bond donors (Lipinski definition) is 1. The molecule has 0 saturated heterocycles. The van der Waals surface area contributed by atoms with E-state index in [4.69, 9.17) is 21.1 Å². The molecule has 0 saturated carbocycles. The van der Waals surface area contributed by atoms with Gasteiger partial charge in [0.05, 0.1) is 30.7 Å². The summed E-state index contributed by atoms with van der Waals surface area (Å²) in [4.78, 5) is 12.2. The van der Waals surface area contributed by atoms with Crippen LogP contribution in [-0.4, -0.2) is 40.8 Å². The molecule has 0 unspecified atom stereocenters. The highest BCUT2D eigenvalue weighted by atomic mass is 35.5. The van der Waals surface area contributed by atoms with Gasteiger partial charge in [-0.15, -0.1) is 0 Å². The average molecular weight is 455 g/mol. The van der Waals surface area contributed by atoms with Gasteiger partial charge in [-0.3, -0.25) is 9.10 Å². The van der Waals surface area contributed by atoms with Crippen LogP contribution in [0.15, 0.2) is 42.5 Å². The number of ether oxygens (including phenoxy) is 2. The third kappa shape index (κ3) is 7.11. The van der Waals surface area contributed by atoms with Crippen LogP contribution in [0.4, 0.5) is 5.69 Å². The summed E-state index contributed by atoms with van der Waals surface area (Å²) >= 11 is 6.12. The first-order chi connectivity index (χ1) is 14.2. The van der Waals surface area contributed by atoms with Crippen LogP contribution in [0.3, 0.4) is 0 Å². The number of sulfonamides is 1. The molecule has 0 bridgehead atoms. The normalized spacial score (nSPS) is 11.1. The number of halogens is 1. The number of hydrogen-bond acceptors (Lipinski definition) is 5. The maximum Gasteiger partial charge on any atom is 0.232 e. The minimum Gasteiger partial charge on any atom is -0.495 e. The topological polar surface area (TPSA) is 84.9 Å². The Morgan fingerprint density at radius 1 is 1.20 bits per heavy atom. The van der Waals surface area contributed by atoms with Crippen molar-refractivity contribution in [2.75, 3.05) is 30.8 Å². The van der Waals surface area contributed by atoms with Gasteiger partial charge in [-0.25, -0.2) is 8.42 Å². The first-order valence-corrected chi connectivity index (χ1v) is 11.8. The van der Waals surface area contributed by atoms with Gasteiger partial charge in [0.25, 0.3) is 0 Å². The third-order valence-corrected chi connectivity index (χ3v) is 5.78. The molecule has 0 radical (unpaired) electrons. The van der Waals surface area contributed by atoms with Crippen molar-refractivity contribution in [2.45, 2.75) is 26.3 Å². The Labute approximate surface area is 183 Å². The highest BCUT2D eigenvalue weighted by Gasteiger charge is 2.19.